The first kappa shape index (κ1) is 19.0. The van der Waals surface area contributed by atoms with E-state index in [0.29, 0.717) is 10.6 Å². The van der Waals surface area contributed by atoms with Crippen LogP contribution in [0, 0.1) is 6.92 Å². The fourth-order valence-corrected chi connectivity index (χ4v) is 3.61. The predicted octanol–water partition coefficient (Wildman–Crippen LogP) is 4.20. The van der Waals surface area contributed by atoms with Crippen molar-refractivity contribution in [3.63, 3.8) is 0 Å². The third-order valence-electron chi connectivity index (χ3n) is 5.03. The van der Waals surface area contributed by atoms with Gasteiger partial charge in [0.2, 0.25) is 0 Å². The number of fused-ring (bicyclic) bond motifs is 1. The molecule has 6 heteroatoms. The van der Waals surface area contributed by atoms with E-state index in [2.05, 4.69) is 41.4 Å². The van der Waals surface area contributed by atoms with E-state index in [-0.39, 0.29) is 17.7 Å². The van der Waals surface area contributed by atoms with E-state index in [1.165, 1.54) is 5.56 Å². The molecule has 0 aliphatic carbocycles. The van der Waals surface area contributed by atoms with Gasteiger partial charge < -0.3 is 14.5 Å². The topological polar surface area (TPSA) is 54.7 Å². The van der Waals surface area contributed by atoms with E-state index in [1.54, 1.807) is 24.3 Å². The van der Waals surface area contributed by atoms with Crippen LogP contribution in [0.2, 0.25) is 5.02 Å². The minimum absolute atomic E-state index is 0.136. The molecule has 4 rings (SSSR count). The summed E-state index contributed by atoms with van der Waals surface area (Å²) in [7, 11) is 0. The summed E-state index contributed by atoms with van der Waals surface area (Å²) < 4.78 is 11.2. The molecular weight excluding hydrogens is 376 g/mol. The van der Waals surface area contributed by atoms with Gasteiger partial charge in [-0.3, -0.25) is 9.69 Å². The highest BCUT2D eigenvalue weighted by Crippen LogP contribution is 2.24. The number of carbonyl (C=O) groups is 1. The summed E-state index contributed by atoms with van der Waals surface area (Å²) in [5, 5.41) is 4.58. The number of morpholine rings is 1. The molecule has 5 nitrogen and oxygen atoms in total. The van der Waals surface area contributed by atoms with E-state index in [9.17, 15) is 4.79 Å². The van der Waals surface area contributed by atoms with Crippen LogP contribution in [-0.2, 0) is 4.74 Å². The van der Waals surface area contributed by atoms with E-state index >= 15 is 0 Å². The van der Waals surface area contributed by atoms with Crippen LogP contribution in [0.5, 0.6) is 0 Å². The lowest BCUT2D eigenvalue weighted by Crippen LogP contribution is -2.43. The number of nitrogens with one attached hydrogen (secondary N) is 1. The van der Waals surface area contributed by atoms with Crippen LogP contribution in [0.15, 0.2) is 52.9 Å². The largest absolute Gasteiger partial charge is 0.451 e. The predicted molar refractivity (Wildman–Crippen MR) is 110 cm³/mol. The summed E-state index contributed by atoms with van der Waals surface area (Å²) in [6.07, 6.45) is 0. The average Bonchev–Trinajstić information content (AvgIpc) is 3.12. The monoisotopic (exact) mass is 398 g/mol. The molecule has 2 heterocycles. The van der Waals surface area contributed by atoms with E-state index < -0.39 is 0 Å². The highest BCUT2D eigenvalue weighted by atomic mass is 35.5. The van der Waals surface area contributed by atoms with Gasteiger partial charge in [-0.2, -0.15) is 0 Å². The molecule has 1 aliphatic heterocycles. The van der Waals surface area contributed by atoms with Crippen molar-refractivity contribution >= 4 is 28.5 Å². The third-order valence-corrected chi connectivity index (χ3v) is 5.27. The second kappa shape index (κ2) is 8.35. The first-order valence-corrected chi connectivity index (χ1v) is 9.83. The molecule has 28 heavy (non-hydrogen) atoms. The molecule has 146 valence electrons. The molecule has 1 aliphatic rings. The van der Waals surface area contributed by atoms with Gasteiger partial charge in [-0.1, -0.05) is 41.4 Å². The number of carbonyl (C=O) groups excluding carboxylic acids is 1. The molecule has 1 amide bonds. The lowest BCUT2D eigenvalue weighted by atomic mass is 10.0. The van der Waals surface area contributed by atoms with Crippen LogP contribution in [-0.4, -0.2) is 43.7 Å². The van der Waals surface area contributed by atoms with Crippen molar-refractivity contribution in [3.05, 3.63) is 70.4 Å². The van der Waals surface area contributed by atoms with Gasteiger partial charge in [0.25, 0.3) is 5.91 Å². The zero-order chi connectivity index (χ0) is 19.5. The number of hydrogen-bond acceptors (Lipinski definition) is 4. The number of furan rings is 1. The molecule has 0 bridgehead atoms. The zero-order valence-electron chi connectivity index (χ0n) is 15.8. The molecule has 1 aromatic heterocycles. The number of benzene rings is 2. The SMILES string of the molecule is Cc1ccc([C@@H](CN2CCOCC2)NC(=O)c2cc3cc(Cl)ccc3o2)cc1. The number of rotatable bonds is 5. The number of hydrogen-bond donors (Lipinski definition) is 1. The Balaban J connectivity index is 1.55. The van der Waals surface area contributed by atoms with Gasteiger partial charge in [0.15, 0.2) is 5.76 Å². The summed E-state index contributed by atoms with van der Waals surface area (Å²) in [5.41, 5.74) is 2.91. The normalized spacial score (nSPS) is 16.2. The van der Waals surface area contributed by atoms with Crippen LogP contribution in [0.4, 0.5) is 0 Å². The van der Waals surface area contributed by atoms with Gasteiger partial charge in [0, 0.05) is 30.0 Å². The van der Waals surface area contributed by atoms with Gasteiger partial charge in [-0.25, -0.2) is 0 Å². The molecule has 1 saturated heterocycles. The number of amides is 1. The molecule has 3 aromatic rings. The van der Waals surface area contributed by atoms with Crippen molar-refractivity contribution in [2.45, 2.75) is 13.0 Å². The first-order chi connectivity index (χ1) is 13.6. The Labute approximate surface area is 169 Å². The van der Waals surface area contributed by atoms with Crippen molar-refractivity contribution in [1.82, 2.24) is 10.2 Å². The maximum atomic E-state index is 12.9. The molecule has 2 aromatic carbocycles. The quantitative estimate of drug-likeness (QED) is 0.699. The Hall–Kier alpha value is -2.34. The van der Waals surface area contributed by atoms with Gasteiger partial charge in [0.05, 0.1) is 19.3 Å². The highest BCUT2D eigenvalue weighted by molar-refractivity contribution is 6.31. The minimum atomic E-state index is -0.230. The van der Waals surface area contributed by atoms with Gasteiger partial charge in [-0.15, -0.1) is 0 Å². The van der Waals surface area contributed by atoms with E-state index in [1.807, 2.05) is 0 Å². The lowest BCUT2D eigenvalue weighted by molar-refractivity contribution is 0.0331. The molecule has 0 unspecified atom stereocenters. The van der Waals surface area contributed by atoms with Crippen LogP contribution in [0.25, 0.3) is 11.0 Å². The highest BCUT2D eigenvalue weighted by Gasteiger charge is 2.22. The Bertz CT molecular complexity index is 962. The lowest BCUT2D eigenvalue weighted by Gasteiger charge is -2.31. The molecule has 0 radical (unpaired) electrons. The van der Waals surface area contributed by atoms with Crippen molar-refractivity contribution < 1.29 is 13.9 Å². The fourth-order valence-electron chi connectivity index (χ4n) is 3.43. The van der Waals surface area contributed by atoms with Crippen molar-refractivity contribution in [2.75, 3.05) is 32.8 Å². The average molecular weight is 399 g/mol. The second-order valence-electron chi connectivity index (χ2n) is 7.14. The molecule has 1 N–H and O–H groups in total. The van der Waals surface area contributed by atoms with Gasteiger partial charge >= 0.3 is 0 Å². The summed E-state index contributed by atoms with van der Waals surface area (Å²) in [4.78, 5) is 15.2. The van der Waals surface area contributed by atoms with Crippen LogP contribution >= 0.6 is 11.6 Å². The molecule has 0 spiro atoms. The summed E-state index contributed by atoms with van der Waals surface area (Å²) in [6, 6.07) is 15.2. The van der Waals surface area contributed by atoms with Crippen molar-refractivity contribution in [3.8, 4) is 0 Å². The first-order valence-electron chi connectivity index (χ1n) is 9.45. The minimum Gasteiger partial charge on any atom is -0.451 e. The zero-order valence-corrected chi connectivity index (χ0v) is 16.5. The molecule has 1 fully saturated rings. The molecule has 1 atom stereocenters. The fraction of sp³-hybridized carbons (Fsp3) is 0.318. The Morgan fingerprint density at radius 3 is 2.64 bits per heavy atom. The Morgan fingerprint density at radius 2 is 1.89 bits per heavy atom. The molecular formula is C22H23ClN2O3. The standard InChI is InChI=1S/C22H23ClN2O3/c1-15-2-4-16(5-3-15)19(14-25-8-10-27-11-9-25)24-22(26)21-13-17-12-18(23)6-7-20(17)28-21/h2-7,12-13,19H,8-11,14H2,1H3,(H,24,26)/t19-/m1/s1. The van der Waals surface area contributed by atoms with Gasteiger partial charge in [-0.05, 0) is 36.8 Å². The van der Waals surface area contributed by atoms with E-state index in [4.69, 9.17) is 20.8 Å². The maximum absolute atomic E-state index is 12.9. The Kier molecular flexibility index (Phi) is 5.67. The Morgan fingerprint density at radius 1 is 1.14 bits per heavy atom. The van der Waals surface area contributed by atoms with Gasteiger partial charge in [0.1, 0.15) is 5.58 Å². The van der Waals surface area contributed by atoms with Crippen LogP contribution in [0.1, 0.15) is 27.7 Å². The third kappa shape index (κ3) is 4.38. The van der Waals surface area contributed by atoms with Crippen molar-refractivity contribution in [2.24, 2.45) is 0 Å². The van der Waals surface area contributed by atoms with E-state index in [0.717, 1.165) is 43.8 Å². The molecule has 0 saturated carbocycles. The van der Waals surface area contributed by atoms with Crippen molar-refractivity contribution in [1.29, 1.82) is 0 Å². The maximum Gasteiger partial charge on any atom is 0.287 e. The summed E-state index contributed by atoms with van der Waals surface area (Å²) >= 11 is 6.04. The number of halogens is 1. The van der Waals surface area contributed by atoms with Crippen LogP contribution < -0.4 is 5.32 Å². The van der Waals surface area contributed by atoms with Crippen LogP contribution in [0.3, 0.4) is 0 Å². The number of aryl methyl sites for hydroxylation is 1. The smallest absolute Gasteiger partial charge is 0.287 e. The number of nitrogens with zero attached hydrogens (tertiary/aromatic N) is 1. The second-order valence-corrected chi connectivity index (χ2v) is 7.58. The number of ether oxygens (including phenoxy) is 1. The summed E-state index contributed by atoms with van der Waals surface area (Å²) in [5.74, 6) is 0.0579. The summed E-state index contributed by atoms with van der Waals surface area (Å²) in [6.45, 7) is 5.95.